The van der Waals surface area contributed by atoms with Gasteiger partial charge in [-0.25, -0.2) is 0 Å². The van der Waals surface area contributed by atoms with Crippen molar-refractivity contribution < 1.29 is 24.1 Å². The number of rotatable bonds is 7. The highest BCUT2D eigenvalue weighted by molar-refractivity contribution is 5.66. The van der Waals surface area contributed by atoms with Crippen LogP contribution in [0, 0.1) is 0 Å². The van der Waals surface area contributed by atoms with Crippen molar-refractivity contribution in [2.24, 2.45) is 5.73 Å². The SMILES string of the molecule is COc1cc(OC)c(C(N)CCC(=O)O)cc1OC. The van der Waals surface area contributed by atoms with E-state index in [4.69, 9.17) is 25.1 Å². The van der Waals surface area contributed by atoms with Gasteiger partial charge in [-0.15, -0.1) is 0 Å². The number of hydrogen-bond donors (Lipinski definition) is 2. The molecule has 1 aromatic rings. The fraction of sp³-hybridized carbons (Fsp3) is 0.462. The number of aliphatic carboxylic acids is 1. The molecule has 6 heteroatoms. The van der Waals surface area contributed by atoms with Gasteiger partial charge in [-0.05, 0) is 12.5 Å². The van der Waals surface area contributed by atoms with Gasteiger partial charge in [-0.3, -0.25) is 4.79 Å². The average Bonchev–Trinajstić information content (AvgIpc) is 2.42. The Morgan fingerprint density at radius 3 is 2.16 bits per heavy atom. The molecule has 0 aliphatic carbocycles. The smallest absolute Gasteiger partial charge is 0.303 e. The molecular weight excluding hydrogens is 250 g/mol. The van der Waals surface area contributed by atoms with Crippen molar-refractivity contribution >= 4 is 5.97 Å². The van der Waals surface area contributed by atoms with Crippen LogP contribution in [0.5, 0.6) is 17.2 Å². The first-order valence-electron chi connectivity index (χ1n) is 5.80. The minimum atomic E-state index is -0.880. The van der Waals surface area contributed by atoms with Crippen LogP contribution in [0.1, 0.15) is 24.4 Å². The summed E-state index contributed by atoms with van der Waals surface area (Å²) in [5.74, 6) is 0.739. The summed E-state index contributed by atoms with van der Waals surface area (Å²) in [6.07, 6.45) is 0.319. The fourth-order valence-electron chi connectivity index (χ4n) is 1.78. The maximum atomic E-state index is 10.6. The Labute approximate surface area is 112 Å². The number of ether oxygens (including phenoxy) is 3. The van der Waals surface area contributed by atoms with Crippen LogP contribution in [0.15, 0.2) is 12.1 Å². The van der Waals surface area contributed by atoms with Crippen LogP contribution in [-0.4, -0.2) is 32.4 Å². The summed E-state index contributed by atoms with van der Waals surface area (Å²) in [5.41, 5.74) is 6.69. The number of methoxy groups -OCH3 is 3. The van der Waals surface area contributed by atoms with E-state index in [1.54, 1.807) is 12.1 Å². The summed E-state index contributed by atoms with van der Waals surface area (Å²) in [7, 11) is 4.58. The monoisotopic (exact) mass is 269 g/mol. The van der Waals surface area contributed by atoms with E-state index in [0.717, 1.165) is 0 Å². The molecule has 1 unspecified atom stereocenters. The molecular formula is C13H19NO5. The lowest BCUT2D eigenvalue weighted by Gasteiger charge is -2.18. The Kier molecular flexibility index (Phi) is 5.44. The van der Waals surface area contributed by atoms with Gasteiger partial charge in [0.15, 0.2) is 11.5 Å². The minimum Gasteiger partial charge on any atom is -0.496 e. The Morgan fingerprint density at radius 2 is 1.68 bits per heavy atom. The van der Waals surface area contributed by atoms with Crippen molar-refractivity contribution in [1.29, 1.82) is 0 Å². The second-order valence-corrected chi connectivity index (χ2v) is 3.99. The summed E-state index contributed by atoms with van der Waals surface area (Å²) < 4.78 is 15.6. The lowest BCUT2D eigenvalue weighted by molar-refractivity contribution is -0.137. The standard InChI is InChI=1S/C13H19NO5/c1-17-10-7-12(19-3)11(18-2)6-8(10)9(14)4-5-13(15)16/h6-7,9H,4-5,14H2,1-3H3,(H,15,16). The first-order chi connectivity index (χ1) is 9.03. The Balaban J connectivity index is 3.06. The van der Waals surface area contributed by atoms with E-state index in [-0.39, 0.29) is 6.42 Å². The van der Waals surface area contributed by atoms with Crippen LogP contribution in [0.2, 0.25) is 0 Å². The maximum Gasteiger partial charge on any atom is 0.303 e. The highest BCUT2D eigenvalue weighted by Gasteiger charge is 2.17. The van der Waals surface area contributed by atoms with Gasteiger partial charge < -0.3 is 25.1 Å². The molecule has 6 nitrogen and oxygen atoms in total. The maximum absolute atomic E-state index is 10.6. The van der Waals surface area contributed by atoms with E-state index in [1.807, 2.05) is 0 Å². The number of carbonyl (C=O) groups is 1. The molecule has 0 aliphatic rings. The minimum absolute atomic E-state index is 0.00132. The topological polar surface area (TPSA) is 91.0 Å². The van der Waals surface area contributed by atoms with Crippen molar-refractivity contribution in [3.8, 4) is 17.2 Å². The molecule has 19 heavy (non-hydrogen) atoms. The highest BCUT2D eigenvalue weighted by atomic mass is 16.5. The number of benzene rings is 1. The molecule has 0 fully saturated rings. The molecule has 0 heterocycles. The first kappa shape index (κ1) is 15.1. The third-order valence-electron chi connectivity index (χ3n) is 2.80. The van der Waals surface area contributed by atoms with Crippen LogP contribution >= 0.6 is 0 Å². The van der Waals surface area contributed by atoms with E-state index >= 15 is 0 Å². The second kappa shape index (κ2) is 6.84. The van der Waals surface area contributed by atoms with Gasteiger partial charge in [0.2, 0.25) is 0 Å². The quantitative estimate of drug-likeness (QED) is 0.781. The van der Waals surface area contributed by atoms with Crippen molar-refractivity contribution in [3.63, 3.8) is 0 Å². The van der Waals surface area contributed by atoms with Gasteiger partial charge in [-0.2, -0.15) is 0 Å². The summed E-state index contributed by atoms with van der Waals surface area (Å²) in [4.78, 5) is 10.6. The third-order valence-corrected chi connectivity index (χ3v) is 2.80. The normalized spacial score (nSPS) is 11.8. The molecule has 0 radical (unpaired) electrons. The third kappa shape index (κ3) is 3.75. The predicted octanol–water partition coefficient (Wildman–Crippen LogP) is 1.58. The van der Waals surface area contributed by atoms with E-state index in [1.165, 1.54) is 21.3 Å². The molecule has 0 amide bonds. The molecule has 0 saturated carbocycles. The lowest BCUT2D eigenvalue weighted by atomic mass is 10.0. The zero-order valence-corrected chi connectivity index (χ0v) is 11.3. The van der Waals surface area contributed by atoms with Crippen molar-refractivity contribution in [2.45, 2.75) is 18.9 Å². The largest absolute Gasteiger partial charge is 0.496 e. The van der Waals surface area contributed by atoms with Crippen molar-refractivity contribution in [1.82, 2.24) is 0 Å². The zero-order chi connectivity index (χ0) is 14.4. The van der Waals surface area contributed by atoms with Crippen molar-refractivity contribution in [2.75, 3.05) is 21.3 Å². The highest BCUT2D eigenvalue weighted by Crippen LogP contribution is 2.37. The van der Waals surface area contributed by atoms with Gasteiger partial charge in [0.05, 0.1) is 21.3 Å². The molecule has 1 rings (SSSR count). The summed E-state index contributed by atoms with van der Waals surface area (Å²) in [5, 5.41) is 8.69. The van der Waals surface area contributed by atoms with Gasteiger partial charge >= 0.3 is 5.97 Å². The van der Waals surface area contributed by atoms with E-state index < -0.39 is 12.0 Å². The van der Waals surface area contributed by atoms with Crippen LogP contribution in [0.4, 0.5) is 0 Å². The number of nitrogens with two attached hydrogens (primary N) is 1. The summed E-state index contributed by atoms with van der Waals surface area (Å²) >= 11 is 0. The van der Waals surface area contributed by atoms with Gasteiger partial charge in [0.1, 0.15) is 5.75 Å². The van der Waals surface area contributed by atoms with Gasteiger partial charge in [0.25, 0.3) is 0 Å². The number of carboxylic acids is 1. The number of carboxylic acid groups (broad SMARTS) is 1. The molecule has 0 aromatic heterocycles. The Bertz CT molecular complexity index is 447. The van der Waals surface area contributed by atoms with Crippen LogP contribution in [0.3, 0.4) is 0 Å². The van der Waals surface area contributed by atoms with Gasteiger partial charge in [0, 0.05) is 24.1 Å². The van der Waals surface area contributed by atoms with Crippen LogP contribution < -0.4 is 19.9 Å². The van der Waals surface area contributed by atoms with Crippen molar-refractivity contribution in [3.05, 3.63) is 17.7 Å². The molecule has 0 bridgehead atoms. The molecule has 3 N–H and O–H groups in total. The molecule has 1 atom stereocenters. The molecule has 1 aromatic carbocycles. The predicted molar refractivity (Wildman–Crippen MR) is 69.9 cm³/mol. The lowest BCUT2D eigenvalue weighted by Crippen LogP contribution is -2.13. The average molecular weight is 269 g/mol. The zero-order valence-electron chi connectivity index (χ0n) is 11.3. The summed E-state index contributed by atoms with van der Waals surface area (Å²) in [6, 6.07) is 2.95. The fourth-order valence-corrected chi connectivity index (χ4v) is 1.78. The van der Waals surface area contributed by atoms with E-state index in [2.05, 4.69) is 0 Å². The number of hydrogen-bond acceptors (Lipinski definition) is 5. The van der Waals surface area contributed by atoms with Crippen LogP contribution in [-0.2, 0) is 4.79 Å². The van der Waals surface area contributed by atoms with E-state index in [0.29, 0.717) is 29.2 Å². The molecule has 106 valence electrons. The Hall–Kier alpha value is -1.95. The molecule has 0 aliphatic heterocycles. The summed E-state index contributed by atoms with van der Waals surface area (Å²) in [6.45, 7) is 0. The molecule has 0 saturated heterocycles. The van der Waals surface area contributed by atoms with Crippen LogP contribution in [0.25, 0.3) is 0 Å². The second-order valence-electron chi connectivity index (χ2n) is 3.99. The molecule has 0 spiro atoms. The van der Waals surface area contributed by atoms with Gasteiger partial charge in [-0.1, -0.05) is 0 Å². The first-order valence-corrected chi connectivity index (χ1v) is 5.80. The Morgan fingerprint density at radius 1 is 1.16 bits per heavy atom. The van der Waals surface area contributed by atoms with E-state index in [9.17, 15) is 4.79 Å².